The third kappa shape index (κ3) is 1.89. The van der Waals surface area contributed by atoms with Crippen LogP contribution in [0.4, 0.5) is 0 Å². The van der Waals surface area contributed by atoms with Gasteiger partial charge in [0.1, 0.15) is 0 Å². The number of carbonyl (C=O) groups is 1. The molecule has 2 aliphatic carbocycles. The van der Waals surface area contributed by atoms with Crippen LogP contribution < -0.4 is 5.32 Å². The van der Waals surface area contributed by atoms with E-state index in [1.54, 1.807) is 0 Å². The van der Waals surface area contributed by atoms with E-state index in [0.29, 0.717) is 11.8 Å². The summed E-state index contributed by atoms with van der Waals surface area (Å²) < 4.78 is 0. The molecular weight excluding hydrogens is 190 g/mol. The zero-order chi connectivity index (χ0) is 11.1. The highest BCUT2D eigenvalue weighted by molar-refractivity contribution is 5.83. The summed E-state index contributed by atoms with van der Waals surface area (Å²) in [7, 11) is 0. The van der Waals surface area contributed by atoms with Crippen molar-refractivity contribution in [2.75, 3.05) is 6.61 Å². The third-order valence-corrected chi connectivity index (χ3v) is 4.26. The molecule has 0 aromatic carbocycles. The maximum atomic E-state index is 11.9. The third-order valence-electron chi connectivity index (χ3n) is 4.26. The van der Waals surface area contributed by atoms with E-state index in [1.165, 1.54) is 19.3 Å². The lowest BCUT2D eigenvalue weighted by molar-refractivity contribution is -0.125. The second-order valence-electron chi connectivity index (χ2n) is 5.35. The smallest absolute Gasteiger partial charge is 0.224 e. The van der Waals surface area contributed by atoms with Crippen LogP contribution in [0.25, 0.3) is 0 Å². The first-order valence-corrected chi connectivity index (χ1v) is 6.04. The summed E-state index contributed by atoms with van der Waals surface area (Å²) in [6, 6.07) is 0. The molecule has 3 atom stereocenters. The maximum Gasteiger partial charge on any atom is 0.224 e. The minimum Gasteiger partial charge on any atom is -0.394 e. The van der Waals surface area contributed by atoms with Gasteiger partial charge in [0.05, 0.1) is 12.1 Å². The van der Waals surface area contributed by atoms with Crippen LogP contribution in [0.5, 0.6) is 0 Å². The molecule has 86 valence electrons. The molecule has 0 aromatic heterocycles. The summed E-state index contributed by atoms with van der Waals surface area (Å²) in [5, 5.41) is 12.2. The zero-order valence-corrected chi connectivity index (χ0v) is 9.62. The first-order valence-electron chi connectivity index (χ1n) is 6.04. The Morgan fingerprint density at radius 2 is 2.07 bits per heavy atom. The van der Waals surface area contributed by atoms with Gasteiger partial charge in [-0.25, -0.2) is 0 Å². The highest BCUT2D eigenvalue weighted by atomic mass is 16.3. The van der Waals surface area contributed by atoms with Gasteiger partial charge in [0.25, 0.3) is 0 Å². The van der Waals surface area contributed by atoms with Crippen molar-refractivity contribution in [3.05, 3.63) is 0 Å². The molecule has 15 heavy (non-hydrogen) atoms. The minimum absolute atomic E-state index is 0.0251. The van der Waals surface area contributed by atoms with Crippen LogP contribution in [0.3, 0.4) is 0 Å². The highest BCUT2D eigenvalue weighted by Crippen LogP contribution is 2.57. The van der Waals surface area contributed by atoms with E-state index in [4.69, 9.17) is 0 Å². The molecule has 0 bridgehead atoms. The standard InChI is InChI=1S/C12H21NO2/c1-3-12(2,7-14)13-11(15)10-8-5-4-6-9(8)10/h8-10,14H,3-7H2,1-2H3,(H,13,15). The Balaban J connectivity index is 1.88. The first-order chi connectivity index (χ1) is 7.11. The van der Waals surface area contributed by atoms with Crippen molar-refractivity contribution in [3.8, 4) is 0 Å². The molecule has 2 aliphatic rings. The van der Waals surface area contributed by atoms with Gasteiger partial charge in [-0.2, -0.15) is 0 Å². The largest absolute Gasteiger partial charge is 0.394 e. The van der Waals surface area contributed by atoms with Gasteiger partial charge in [-0.05, 0) is 38.0 Å². The van der Waals surface area contributed by atoms with E-state index in [9.17, 15) is 9.90 Å². The Kier molecular flexibility index (Phi) is 2.75. The monoisotopic (exact) mass is 211 g/mol. The summed E-state index contributed by atoms with van der Waals surface area (Å²) in [6.45, 7) is 3.92. The van der Waals surface area contributed by atoms with Crippen LogP contribution in [-0.2, 0) is 4.79 Å². The van der Waals surface area contributed by atoms with Gasteiger partial charge in [0.2, 0.25) is 5.91 Å². The lowest BCUT2D eigenvalue weighted by Crippen LogP contribution is -2.49. The number of rotatable bonds is 4. The molecule has 2 N–H and O–H groups in total. The summed E-state index contributed by atoms with van der Waals surface area (Å²) in [6.07, 6.45) is 4.52. The molecule has 0 spiro atoms. The lowest BCUT2D eigenvalue weighted by atomic mass is 9.99. The van der Waals surface area contributed by atoms with E-state index in [1.807, 2.05) is 13.8 Å². The quantitative estimate of drug-likeness (QED) is 0.736. The lowest BCUT2D eigenvalue weighted by Gasteiger charge is -2.27. The van der Waals surface area contributed by atoms with E-state index in [-0.39, 0.29) is 18.4 Å². The molecule has 3 heteroatoms. The first kappa shape index (κ1) is 10.9. The maximum absolute atomic E-state index is 11.9. The molecule has 2 rings (SSSR count). The fraction of sp³-hybridized carbons (Fsp3) is 0.917. The molecule has 3 nitrogen and oxygen atoms in total. The van der Waals surface area contributed by atoms with Crippen molar-refractivity contribution in [3.63, 3.8) is 0 Å². The van der Waals surface area contributed by atoms with Gasteiger partial charge < -0.3 is 10.4 Å². The fourth-order valence-corrected chi connectivity index (χ4v) is 2.83. The number of fused-ring (bicyclic) bond motifs is 1. The van der Waals surface area contributed by atoms with Crippen LogP contribution in [0, 0.1) is 17.8 Å². The number of aliphatic hydroxyl groups excluding tert-OH is 1. The van der Waals surface area contributed by atoms with Gasteiger partial charge in [0.15, 0.2) is 0 Å². The summed E-state index contributed by atoms with van der Waals surface area (Å²) >= 11 is 0. The molecule has 2 saturated carbocycles. The van der Waals surface area contributed by atoms with Crippen LogP contribution in [0.1, 0.15) is 39.5 Å². The van der Waals surface area contributed by atoms with Crippen molar-refractivity contribution in [2.24, 2.45) is 17.8 Å². The van der Waals surface area contributed by atoms with E-state index in [2.05, 4.69) is 5.32 Å². The molecule has 3 unspecified atom stereocenters. The molecule has 0 aliphatic heterocycles. The normalized spacial score (nSPS) is 36.9. The zero-order valence-electron chi connectivity index (χ0n) is 9.62. The number of nitrogens with one attached hydrogen (secondary N) is 1. The Labute approximate surface area is 91.2 Å². The van der Waals surface area contributed by atoms with Crippen molar-refractivity contribution in [1.29, 1.82) is 0 Å². The second-order valence-corrected chi connectivity index (χ2v) is 5.35. The molecule has 1 amide bonds. The average molecular weight is 211 g/mol. The number of carbonyl (C=O) groups excluding carboxylic acids is 1. The Morgan fingerprint density at radius 1 is 1.47 bits per heavy atom. The van der Waals surface area contributed by atoms with Crippen LogP contribution in [0.2, 0.25) is 0 Å². The number of hydrogen-bond acceptors (Lipinski definition) is 2. The summed E-state index contributed by atoms with van der Waals surface area (Å²) in [4.78, 5) is 11.9. The van der Waals surface area contributed by atoms with E-state index in [0.717, 1.165) is 6.42 Å². The molecule has 0 saturated heterocycles. The minimum atomic E-state index is -0.423. The summed E-state index contributed by atoms with van der Waals surface area (Å²) in [5.74, 6) is 1.74. The summed E-state index contributed by atoms with van der Waals surface area (Å²) in [5.41, 5.74) is -0.423. The van der Waals surface area contributed by atoms with Crippen molar-refractivity contribution in [2.45, 2.75) is 45.1 Å². The molecule has 0 aromatic rings. The van der Waals surface area contributed by atoms with Gasteiger partial charge in [-0.15, -0.1) is 0 Å². The van der Waals surface area contributed by atoms with Gasteiger partial charge in [0, 0.05) is 5.92 Å². The number of amides is 1. The van der Waals surface area contributed by atoms with Gasteiger partial charge >= 0.3 is 0 Å². The topological polar surface area (TPSA) is 49.3 Å². The molecule has 0 heterocycles. The molecular formula is C12H21NO2. The average Bonchev–Trinajstić information content (AvgIpc) is 2.73. The molecule has 0 radical (unpaired) electrons. The number of hydrogen-bond donors (Lipinski definition) is 2. The number of aliphatic hydroxyl groups is 1. The van der Waals surface area contributed by atoms with Crippen LogP contribution in [0.15, 0.2) is 0 Å². The Hall–Kier alpha value is -0.570. The fourth-order valence-electron chi connectivity index (χ4n) is 2.83. The van der Waals surface area contributed by atoms with Gasteiger partial charge in [-0.1, -0.05) is 13.3 Å². The van der Waals surface area contributed by atoms with Crippen molar-refractivity contribution in [1.82, 2.24) is 5.32 Å². The Morgan fingerprint density at radius 3 is 2.53 bits per heavy atom. The predicted octanol–water partition coefficient (Wildman–Crippen LogP) is 1.31. The highest BCUT2D eigenvalue weighted by Gasteiger charge is 2.56. The second kappa shape index (κ2) is 3.78. The van der Waals surface area contributed by atoms with Crippen LogP contribution in [-0.4, -0.2) is 23.2 Å². The van der Waals surface area contributed by atoms with Crippen molar-refractivity contribution >= 4 is 5.91 Å². The Bertz CT molecular complexity index is 250. The molecule has 2 fully saturated rings. The SMILES string of the molecule is CCC(C)(CO)NC(=O)C1C2CCCC21. The van der Waals surface area contributed by atoms with E-state index < -0.39 is 5.54 Å². The van der Waals surface area contributed by atoms with E-state index >= 15 is 0 Å². The van der Waals surface area contributed by atoms with Gasteiger partial charge in [-0.3, -0.25) is 4.79 Å². The van der Waals surface area contributed by atoms with Crippen molar-refractivity contribution < 1.29 is 9.90 Å². The van der Waals surface area contributed by atoms with Crippen LogP contribution >= 0.6 is 0 Å². The predicted molar refractivity (Wildman–Crippen MR) is 58.2 cm³/mol.